The number of ether oxygens (including phenoxy) is 1. The maximum Gasteiger partial charge on any atom is 0.275 e. The minimum absolute atomic E-state index is 0.222. The fourth-order valence-electron chi connectivity index (χ4n) is 2.09. The number of benzene rings is 2. The number of nitrogens with zero attached hydrogens (tertiary/aromatic N) is 2. The van der Waals surface area contributed by atoms with E-state index in [-0.39, 0.29) is 11.6 Å². The second kappa shape index (κ2) is 7.96. The molecule has 1 heterocycles. The van der Waals surface area contributed by atoms with Gasteiger partial charge in [0.05, 0.1) is 11.2 Å². The predicted molar refractivity (Wildman–Crippen MR) is 97.2 cm³/mol. The maximum absolute atomic E-state index is 12.1. The number of hydrogen-bond donors (Lipinski definition) is 1. The third-order valence-electron chi connectivity index (χ3n) is 3.27. The lowest BCUT2D eigenvalue weighted by atomic mass is 10.2. The van der Waals surface area contributed by atoms with Gasteiger partial charge < -0.3 is 10.1 Å². The molecule has 0 aliphatic heterocycles. The highest BCUT2D eigenvalue weighted by Crippen LogP contribution is 2.28. The summed E-state index contributed by atoms with van der Waals surface area (Å²) in [5.41, 5.74) is 1.69. The smallest absolute Gasteiger partial charge is 0.275 e. The molecule has 0 aliphatic rings. The summed E-state index contributed by atoms with van der Waals surface area (Å²) in [6.07, 6.45) is 4.34. The number of hydrogen-bond acceptors (Lipinski definition) is 4. The zero-order chi connectivity index (χ0) is 17.6. The molecular weight excluding hydrogens is 361 g/mol. The van der Waals surface area contributed by atoms with E-state index >= 15 is 0 Å². The van der Waals surface area contributed by atoms with Gasteiger partial charge in [0.2, 0.25) is 0 Å². The number of rotatable bonds is 5. The lowest BCUT2D eigenvalue weighted by molar-refractivity contribution is 0.102. The molecule has 0 aliphatic carbocycles. The molecule has 0 fully saturated rings. The van der Waals surface area contributed by atoms with Crippen molar-refractivity contribution in [3.05, 3.63) is 82.4 Å². The molecule has 3 rings (SSSR count). The van der Waals surface area contributed by atoms with Crippen molar-refractivity contribution >= 4 is 34.8 Å². The summed E-state index contributed by atoms with van der Waals surface area (Å²) in [6, 6.07) is 12.4. The fraction of sp³-hybridized carbons (Fsp3) is 0.0556. The molecule has 7 heteroatoms. The van der Waals surface area contributed by atoms with Crippen LogP contribution in [0, 0.1) is 0 Å². The summed E-state index contributed by atoms with van der Waals surface area (Å²) in [7, 11) is 0. The number of anilines is 1. The number of halogens is 2. The van der Waals surface area contributed by atoms with E-state index in [1.54, 1.807) is 24.3 Å². The van der Waals surface area contributed by atoms with E-state index < -0.39 is 0 Å². The second-order valence-corrected chi connectivity index (χ2v) is 5.95. The van der Waals surface area contributed by atoms with Gasteiger partial charge >= 0.3 is 0 Å². The Morgan fingerprint density at radius 2 is 2.00 bits per heavy atom. The molecule has 126 valence electrons. The third kappa shape index (κ3) is 4.68. The van der Waals surface area contributed by atoms with Crippen molar-refractivity contribution in [1.29, 1.82) is 0 Å². The van der Waals surface area contributed by atoms with Crippen molar-refractivity contribution in [1.82, 2.24) is 9.97 Å². The monoisotopic (exact) mass is 373 g/mol. The van der Waals surface area contributed by atoms with Crippen LogP contribution in [0.3, 0.4) is 0 Å². The van der Waals surface area contributed by atoms with E-state index in [9.17, 15) is 4.79 Å². The molecule has 0 bridgehead atoms. The molecule has 0 saturated heterocycles. The molecule has 0 saturated carbocycles. The normalized spacial score (nSPS) is 10.3. The van der Waals surface area contributed by atoms with Gasteiger partial charge in [-0.3, -0.25) is 9.78 Å². The van der Waals surface area contributed by atoms with Gasteiger partial charge in [0.1, 0.15) is 18.1 Å². The van der Waals surface area contributed by atoms with Gasteiger partial charge in [0.25, 0.3) is 5.91 Å². The van der Waals surface area contributed by atoms with Crippen LogP contribution in [0.1, 0.15) is 16.1 Å². The van der Waals surface area contributed by atoms with Crippen LogP contribution in [0.5, 0.6) is 5.75 Å². The van der Waals surface area contributed by atoms with Crippen molar-refractivity contribution in [2.45, 2.75) is 6.61 Å². The van der Waals surface area contributed by atoms with Crippen molar-refractivity contribution in [3.8, 4) is 5.75 Å². The van der Waals surface area contributed by atoms with E-state index in [2.05, 4.69) is 15.3 Å². The predicted octanol–water partition coefficient (Wildman–Crippen LogP) is 4.61. The van der Waals surface area contributed by atoms with Crippen LogP contribution in [0.15, 0.2) is 61.1 Å². The first-order chi connectivity index (χ1) is 12.1. The summed E-state index contributed by atoms with van der Waals surface area (Å²) in [6.45, 7) is 0.339. The first kappa shape index (κ1) is 17.2. The van der Waals surface area contributed by atoms with Gasteiger partial charge in [-0.05, 0) is 35.9 Å². The minimum Gasteiger partial charge on any atom is -0.487 e. The molecule has 5 nitrogen and oxygen atoms in total. The lowest BCUT2D eigenvalue weighted by Crippen LogP contribution is -2.13. The van der Waals surface area contributed by atoms with Crippen LogP contribution >= 0.6 is 23.2 Å². The fourth-order valence-corrected chi connectivity index (χ4v) is 2.54. The Labute approximate surface area is 154 Å². The summed E-state index contributed by atoms with van der Waals surface area (Å²) in [5, 5.41) is 3.74. The average Bonchev–Trinajstić information content (AvgIpc) is 2.62. The number of carbonyl (C=O) groups is 1. The van der Waals surface area contributed by atoms with Gasteiger partial charge in [0, 0.05) is 23.1 Å². The van der Waals surface area contributed by atoms with Crippen LogP contribution in [0.2, 0.25) is 10.0 Å². The molecule has 1 N–H and O–H groups in total. The lowest BCUT2D eigenvalue weighted by Gasteiger charge is -2.10. The molecule has 0 unspecified atom stereocenters. The van der Waals surface area contributed by atoms with Crippen LogP contribution in [-0.2, 0) is 6.61 Å². The van der Waals surface area contributed by atoms with Gasteiger partial charge in [0.15, 0.2) is 0 Å². The van der Waals surface area contributed by atoms with Gasteiger partial charge in [-0.15, -0.1) is 0 Å². The highest BCUT2D eigenvalue weighted by atomic mass is 35.5. The standard InChI is InChI=1S/C18H13Cl2N3O2/c19-13-3-1-2-12(8-13)11-25-17-5-4-14(9-15(17)20)23-18(24)16-10-21-6-7-22-16/h1-10H,11H2,(H,23,24). The Balaban J connectivity index is 1.65. The Bertz CT molecular complexity index is 888. The highest BCUT2D eigenvalue weighted by molar-refractivity contribution is 6.32. The van der Waals surface area contributed by atoms with Crippen LogP contribution < -0.4 is 10.1 Å². The largest absolute Gasteiger partial charge is 0.487 e. The number of amides is 1. The van der Waals surface area contributed by atoms with Gasteiger partial charge in [-0.25, -0.2) is 4.98 Å². The zero-order valence-electron chi connectivity index (χ0n) is 12.9. The summed E-state index contributed by atoms with van der Waals surface area (Å²) in [4.78, 5) is 19.9. The maximum atomic E-state index is 12.1. The molecule has 3 aromatic rings. The molecule has 0 spiro atoms. The molecule has 0 radical (unpaired) electrons. The Kier molecular flexibility index (Phi) is 5.48. The van der Waals surface area contributed by atoms with Crippen molar-refractivity contribution in [3.63, 3.8) is 0 Å². The molecule has 0 atom stereocenters. The van der Waals surface area contributed by atoms with Crippen LogP contribution in [0.4, 0.5) is 5.69 Å². The first-order valence-electron chi connectivity index (χ1n) is 7.36. The summed E-state index contributed by atoms with van der Waals surface area (Å²) < 4.78 is 5.70. The molecule has 1 amide bonds. The van der Waals surface area contributed by atoms with Crippen LogP contribution in [0.25, 0.3) is 0 Å². The second-order valence-electron chi connectivity index (χ2n) is 5.11. The highest BCUT2D eigenvalue weighted by Gasteiger charge is 2.09. The van der Waals surface area contributed by atoms with E-state index in [1.807, 2.05) is 18.2 Å². The number of aromatic nitrogens is 2. The van der Waals surface area contributed by atoms with Crippen molar-refractivity contribution in [2.75, 3.05) is 5.32 Å². The quantitative estimate of drug-likeness (QED) is 0.708. The Morgan fingerprint density at radius 1 is 1.12 bits per heavy atom. The minimum atomic E-state index is -0.364. The summed E-state index contributed by atoms with van der Waals surface area (Å²) >= 11 is 12.2. The Hall–Kier alpha value is -2.63. The SMILES string of the molecule is O=C(Nc1ccc(OCc2cccc(Cl)c2)c(Cl)c1)c1cnccn1. The van der Waals surface area contributed by atoms with Crippen LogP contribution in [-0.4, -0.2) is 15.9 Å². The van der Waals surface area contributed by atoms with Crippen molar-refractivity contribution < 1.29 is 9.53 Å². The van der Waals surface area contributed by atoms with Gasteiger partial charge in [-0.2, -0.15) is 0 Å². The molecular formula is C18H13Cl2N3O2. The molecule has 2 aromatic carbocycles. The average molecular weight is 374 g/mol. The van der Waals surface area contributed by atoms with Gasteiger partial charge in [-0.1, -0.05) is 35.3 Å². The zero-order valence-corrected chi connectivity index (χ0v) is 14.5. The number of carbonyl (C=O) groups excluding carboxylic acids is 1. The van der Waals surface area contributed by atoms with E-state index in [4.69, 9.17) is 27.9 Å². The molecule has 1 aromatic heterocycles. The van der Waals surface area contributed by atoms with E-state index in [0.717, 1.165) is 5.56 Å². The van der Waals surface area contributed by atoms with E-state index in [0.29, 0.717) is 28.1 Å². The third-order valence-corrected chi connectivity index (χ3v) is 3.80. The first-order valence-corrected chi connectivity index (χ1v) is 8.11. The van der Waals surface area contributed by atoms with E-state index in [1.165, 1.54) is 18.6 Å². The number of nitrogens with one attached hydrogen (secondary N) is 1. The van der Waals surface area contributed by atoms with Crippen molar-refractivity contribution in [2.24, 2.45) is 0 Å². The summed E-state index contributed by atoms with van der Waals surface area (Å²) in [5.74, 6) is 0.149. The Morgan fingerprint density at radius 3 is 2.72 bits per heavy atom. The molecule has 25 heavy (non-hydrogen) atoms. The topological polar surface area (TPSA) is 64.1 Å².